The molecule has 4 nitrogen and oxygen atoms in total. The van der Waals surface area contributed by atoms with Crippen LogP contribution in [0, 0.1) is 12.7 Å². The number of carbonyl (C=O) groups is 2. The first-order valence-electron chi connectivity index (χ1n) is 7.56. The molecule has 1 unspecified atom stereocenters. The average molecular weight is 362 g/mol. The van der Waals surface area contributed by atoms with E-state index in [4.69, 9.17) is 16.3 Å². The molecule has 1 amide bonds. The summed E-state index contributed by atoms with van der Waals surface area (Å²) in [5, 5.41) is 3.15. The summed E-state index contributed by atoms with van der Waals surface area (Å²) in [4.78, 5) is 23.9. The molecule has 0 bridgehead atoms. The minimum Gasteiger partial charge on any atom is -0.449 e. The van der Waals surface area contributed by atoms with Crippen molar-refractivity contribution in [2.75, 3.05) is 5.32 Å². The lowest BCUT2D eigenvalue weighted by Gasteiger charge is -2.14. The number of amides is 1. The molecule has 2 rings (SSSR count). The van der Waals surface area contributed by atoms with E-state index in [1.807, 2.05) is 6.92 Å². The summed E-state index contributed by atoms with van der Waals surface area (Å²) in [6, 6.07) is 10.9. The molecule has 130 valence electrons. The van der Waals surface area contributed by atoms with E-state index in [-0.39, 0.29) is 0 Å². The Balaban J connectivity index is 1.94. The molecule has 0 aromatic heterocycles. The molecule has 0 aliphatic heterocycles. The SMILES string of the molecule is Cc1ccc(Cl)cc1NC(=O)C(C)OC(=O)/C=C/c1cccc(F)c1. The average Bonchev–Trinajstić information content (AvgIpc) is 2.56. The summed E-state index contributed by atoms with van der Waals surface area (Å²) >= 11 is 5.90. The van der Waals surface area contributed by atoms with Crippen LogP contribution in [0.4, 0.5) is 10.1 Å². The number of nitrogens with one attached hydrogen (secondary N) is 1. The quantitative estimate of drug-likeness (QED) is 0.635. The fourth-order valence-electron chi connectivity index (χ4n) is 2.00. The van der Waals surface area contributed by atoms with E-state index in [0.717, 1.165) is 11.6 Å². The van der Waals surface area contributed by atoms with Crippen LogP contribution in [-0.4, -0.2) is 18.0 Å². The number of ether oxygens (including phenoxy) is 1. The van der Waals surface area contributed by atoms with Crippen molar-refractivity contribution in [2.24, 2.45) is 0 Å². The molecule has 25 heavy (non-hydrogen) atoms. The molecule has 0 aliphatic rings. The van der Waals surface area contributed by atoms with Gasteiger partial charge in [0.25, 0.3) is 5.91 Å². The Kier molecular flexibility index (Phi) is 6.31. The Bertz CT molecular complexity index is 820. The van der Waals surface area contributed by atoms with Crippen LogP contribution >= 0.6 is 11.6 Å². The molecule has 0 saturated heterocycles. The van der Waals surface area contributed by atoms with Gasteiger partial charge in [-0.15, -0.1) is 0 Å². The van der Waals surface area contributed by atoms with Gasteiger partial charge >= 0.3 is 5.97 Å². The summed E-state index contributed by atoms with van der Waals surface area (Å²) in [7, 11) is 0. The zero-order valence-corrected chi connectivity index (χ0v) is 14.5. The molecule has 0 radical (unpaired) electrons. The van der Waals surface area contributed by atoms with E-state index < -0.39 is 23.8 Å². The molecule has 0 saturated carbocycles. The first-order valence-corrected chi connectivity index (χ1v) is 7.94. The van der Waals surface area contributed by atoms with Crippen molar-refractivity contribution in [3.05, 3.63) is 70.5 Å². The minimum absolute atomic E-state index is 0.403. The Hall–Kier alpha value is -2.66. The molecular weight excluding hydrogens is 345 g/mol. The predicted molar refractivity (Wildman–Crippen MR) is 95.8 cm³/mol. The van der Waals surface area contributed by atoms with E-state index in [1.54, 1.807) is 24.3 Å². The molecule has 2 aromatic rings. The van der Waals surface area contributed by atoms with Crippen molar-refractivity contribution < 1.29 is 18.7 Å². The molecule has 0 heterocycles. The lowest BCUT2D eigenvalue weighted by atomic mass is 10.2. The fourth-order valence-corrected chi connectivity index (χ4v) is 2.18. The zero-order chi connectivity index (χ0) is 18.4. The van der Waals surface area contributed by atoms with Crippen LogP contribution in [0.25, 0.3) is 6.08 Å². The maximum Gasteiger partial charge on any atom is 0.331 e. The van der Waals surface area contributed by atoms with E-state index in [9.17, 15) is 14.0 Å². The Morgan fingerprint density at radius 1 is 1.24 bits per heavy atom. The van der Waals surface area contributed by atoms with Crippen LogP contribution in [0.3, 0.4) is 0 Å². The van der Waals surface area contributed by atoms with Gasteiger partial charge in [0, 0.05) is 16.8 Å². The number of rotatable bonds is 5. The third-order valence-corrected chi connectivity index (χ3v) is 3.62. The van der Waals surface area contributed by atoms with Crippen LogP contribution in [0.5, 0.6) is 0 Å². The Morgan fingerprint density at radius 2 is 2.00 bits per heavy atom. The smallest absolute Gasteiger partial charge is 0.331 e. The van der Waals surface area contributed by atoms with Crippen LogP contribution in [0.1, 0.15) is 18.1 Å². The summed E-state index contributed by atoms with van der Waals surface area (Å²) in [5.41, 5.74) is 1.90. The molecule has 1 N–H and O–H groups in total. The summed E-state index contributed by atoms with van der Waals surface area (Å²) in [6.07, 6.45) is 1.56. The van der Waals surface area contributed by atoms with Gasteiger partial charge in [0.05, 0.1) is 0 Å². The number of aryl methyl sites for hydroxylation is 1. The molecule has 0 spiro atoms. The summed E-state index contributed by atoms with van der Waals surface area (Å²) in [6.45, 7) is 3.29. The van der Waals surface area contributed by atoms with Crippen molar-refractivity contribution in [1.82, 2.24) is 0 Å². The Labute approximate surface area is 150 Å². The fraction of sp³-hybridized carbons (Fsp3) is 0.158. The number of benzene rings is 2. The first-order chi connectivity index (χ1) is 11.8. The third kappa shape index (κ3) is 5.72. The number of hydrogen-bond acceptors (Lipinski definition) is 3. The second kappa shape index (κ2) is 8.44. The van der Waals surface area contributed by atoms with Crippen molar-refractivity contribution in [1.29, 1.82) is 0 Å². The number of hydrogen-bond donors (Lipinski definition) is 1. The minimum atomic E-state index is -0.997. The summed E-state index contributed by atoms with van der Waals surface area (Å²) < 4.78 is 18.1. The maximum absolute atomic E-state index is 13.1. The van der Waals surface area contributed by atoms with Gasteiger partial charge in [-0.1, -0.05) is 29.8 Å². The highest BCUT2D eigenvalue weighted by molar-refractivity contribution is 6.31. The molecular formula is C19H17ClFNO3. The van der Waals surface area contributed by atoms with E-state index >= 15 is 0 Å². The van der Waals surface area contributed by atoms with Gasteiger partial charge in [-0.05, 0) is 55.3 Å². The van der Waals surface area contributed by atoms with Gasteiger partial charge in [-0.3, -0.25) is 4.79 Å². The van der Waals surface area contributed by atoms with Crippen molar-refractivity contribution >= 4 is 35.2 Å². The van der Waals surface area contributed by atoms with Crippen LogP contribution in [0.15, 0.2) is 48.5 Å². The molecule has 1 atom stereocenters. The first kappa shape index (κ1) is 18.7. The largest absolute Gasteiger partial charge is 0.449 e. The molecule has 6 heteroatoms. The number of esters is 1. The Morgan fingerprint density at radius 3 is 2.72 bits per heavy atom. The van der Waals surface area contributed by atoms with Gasteiger partial charge in [0.15, 0.2) is 6.10 Å². The number of anilines is 1. The maximum atomic E-state index is 13.1. The van der Waals surface area contributed by atoms with Gasteiger partial charge in [-0.25, -0.2) is 9.18 Å². The van der Waals surface area contributed by atoms with E-state index in [2.05, 4.69) is 5.32 Å². The predicted octanol–water partition coefficient (Wildman–Crippen LogP) is 4.37. The highest BCUT2D eigenvalue weighted by atomic mass is 35.5. The second-order valence-corrected chi connectivity index (χ2v) is 5.85. The van der Waals surface area contributed by atoms with E-state index in [0.29, 0.717) is 16.3 Å². The topological polar surface area (TPSA) is 55.4 Å². The van der Waals surface area contributed by atoms with Crippen molar-refractivity contribution in [2.45, 2.75) is 20.0 Å². The number of halogens is 2. The molecule has 0 aliphatic carbocycles. The third-order valence-electron chi connectivity index (χ3n) is 3.38. The monoisotopic (exact) mass is 361 g/mol. The molecule has 0 fully saturated rings. The van der Waals surface area contributed by atoms with Crippen LogP contribution in [-0.2, 0) is 14.3 Å². The van der Waals surface area contributed by atoms with Gasteiger partial charge in [0.2, 0.25) is 0 Å². The van der Waals surface area contributed by atoms with Crippen LogP contribution in [0.2, 0.25) is 5.02 Å². The highest BCUT2D eigenvalue weighted by Crippen LogP contribution is 2.20. The summed E-state index contributed by atoms with van der Waals surface area (Å²) in [5.74, 6) is -1.58. The highest BCUT2D eigenvalue weighted by Gasteiger charge is 2.17. The lowest BCUT2D eigenvalue weighted by molar-refractivity contribution is -0.148. The lowest BCUT2D eigenvalue weighted by Crippen LogP contribution is -2.29. The van der Waals surface area contributed by atoms with Gasteiger partial charge < -0.3 is 10.1 Å². The zero-order valence-electron chi connectivity index (χ0n) is 13.8. The van der Waals surface area contributed by atoms with Gasteiger partial charge in [0.1, 0.15) is 5.82 Å². The van der Waals surface area contributed by atoms with Crippen molar-refractivity contribution in [3.8, 4) is 0 Å². The standard InChI is InChI=1S/C19H17ClFNO3/c1-12-6-8-15(20)11-17(12)22-19(24)13(2)25-18(23)9-7-14-4-3-5-16(21)10-14/h3-11,13H,1-2H3,(H,22,24)/b9-7+. The second-order valence-electron chi connectivity index (χ2n) is 5.42. The van der Waals surface area contributed by atoms with Crippen molar-refractivity contribution in [3.63, 3.8) is 0 Å². The van der Waals surface area contributed by atoms with Gasteiger partial charge in [-0.2, -0.15) is 0 Å². The molecule has 2 aromatic carbocycles. The van der Waals surface area contributed by atoms with E-state index in [1.165, 1.54) is 31.2 Å². The van der Waals surface area contributed by atoms with Crippen LogP contribution < -0.4 is 5.32 Å². The normalized spacial score (nSPS) is 12.0. The number of carbonyl (C=O) groups excluding carboxylic acids is 2.